The van der Waals surface area contributed by atoms with Gasteiger partial charge in [-0.15, -0.1) is 0 Å². The molecule has 0 fully saturated rings. The molecule has 0 unspecified atom stereocenters. The van der Waals surface area contributed by atoms with Crippen molar-refractivity contribution in [2.24, 2.45) is 0 Å². The topological polar surface area (TPSA) is 20.3 Å². The van der Waals surface area contributed by atoms with Gasteiger partial charge >= 0.3 is 73.9 Å². The molecule has 0 aromatic heterocycles. The fourth-order valence-electron chi connectivity index (χ4n) is 0.163. The Morgan fingerprint density at radius 1 is 1.75 bits per heavy atom. The molecule has 50 valence electrons. The van der Waals surface area contributed by atoms with Crippen LogP contribution in [0.25, 0.3) is 0 Å². The summed E-state index contributed by atoms with van der Waals surface area (Å²) in [7, 11) is 3.60. The molecule has 4 heteroatoms. The van der Waals surface area contributed by atoms with Crippen LogP contribution in [0, 0.1) is 0 Å². The molecule has 0 aliphatic carbocycles. The van der Waals surface area contributed by atoms with Gasteiger partial charge in [-0.2, -0.15) is 0 Å². The summed E-state index contributed by atoms with van der Waals surface area (Å²) in [5.41, 5.74) is 0. The second-order valence-corrected chi connectivity index (χ2v) is 7.51. The predicted molar refractivity (Wildman–Crippen MR) is 38.0 cm³/mol. The summed E-state index contributed by atoms with van der Waals surface area (Å²) in [6.07, 6.45) is 0. The first-order valence-electron chi connectivity index (χ1n) is 2.05. The fraction of sp³-hybridized carbons (Fsp3) is 0.750. The average molecular weight is 340 g/mol. The molecule has 0 aromatic carbocycles. The van der Waals surface area contributed by atoms with Gasteiger partial charge in [0.2, 0.25) is 0 Å². The van der Waals surface area contributed by atoms with E-state index in [4.69, 9.17) is 0 Å². The molecular weight excluding hydrogens is 332 g/mol. The van der Waals surface area contributed by atoms with E-state index in [9.17, 15) is 4.79 Å². The van der Waals surface area contributed by atoms with Crippen LogP contribution < -0.4 is 21.2 Å². The van der Waals surface area contributed by atoms with Crippen LogP contribution in [0.4, 0.5) is 4.79 Å². The zero-order chi connectivity index (χ0) is 6.57. The van der Waals surface area contributed by atoms with Crippen molar-refractivity contribution in [3.63, 3.8) is 0 Å². The van der Waals surface area contributed by atoms with Gasteiger partial charge in [0.05, 0.1) is 0 Å². The molecule has 0 saturated carbocycles. The van der Waals surface area contributed by atoms with Gasteiger partial charge in [0.15, 0.2) is 0 Å². The van der Waals surface area contributed by atoms with Crippen LogP contribution in [0.15, 0.2) is 0 Å². The van der Waals surface area contributed by atoms with Crippen molar-refractivity contribution in [1.82, 2.24) is 4.90 Å². The van der Waals surface area contributed by atoms with E-state index in [2.05, 4.69) is 22.6 Å². The zero-order valence-electron chi connectivity index (χ0n) is 4.82. The second kappa shape index (κ2) is 4.78. The monoisotopic (exact) mass is 340 g/mol. The SMILES string of the molecule is CN(C)C(=O)[I-]CI. The van der Waals surface area contributed by atoms with Crippen molar-refractivity contribution >= 4 is 26.5 Å². The van der Waals surface area contributed by atoms with Crippen molar-refractivity contribution in [1.29, 1.82) is 0 Å². The van der Waals surface area contributed by atoms with Crippen LogP contribution in [0.3, 0.4) is 0 Å². The Balaban J connectivity index is 3.33. The summed E-state index contributed by atoms with van der Waals surface area (Å²) in [6, 6.07) is 0. The number of carbonyl (C=O) groups excluding carboxylic acids is 1. The summed E-state index contributed by atoms with van der Waals surface area (Å²) >= 11 is 2.04. The van der Waals surface area contributed by atoms with Crippen molar-refractivity contribution in [2.75, 3.05) is 16.5 Å². The van der Waals surface area contributed by atoms with Gasteiger partial charge in [0.25, 0.3) is 0 Å². The molecule has 0 bridgehead atoms. The molecule has 0 aliphatic rings. The first-order valence-corrected chi connectivity index (χ1v) is 6.18. The Hall–Kier alpha value is 0.930. The van der Waals surface area contributed by atoms with Gasteiger partial charge in [-0.05, 0) is 0 Å². The van der Waals surface area contributed by atoms with E-state index in [1.165, 1.54) is 0 Å². The minimum absolute atomic E-state index is 0.201. The number of carbonyl (C=O) groups is 1. The molecule has 2 nitrogen and oxygen atoms in total. The van der Waals surface area contributed by atoms with E-state index < -0.39 is 0 Å². The van der Waals surface area contributed by atoms with Crippen molar-refractivity contribution in [3.8, 4) is 0 Å². The number of alkyl halides is 2. The minimum atomic E-state index is -0.201. The van der Waals surface area contributed by atoms with E-state index in [1.807, 2.05) is 0 Å². The number of nitrogens with zero attached hydrogens (tertiary/aromatic N) is 1. The number of hydrogen-bond donors (Lipinski definition) is 0. The summed E-state index contributed by atoms with van der Waals surface area (Å²) < 4.78 is 1.34. The van der Waals surface area contributed by atoms with Crippen LogP contribution >= 0.6 is 22.6 Å². The first kappa shape index (κ1) is 8.93. The Kier molecular flexibility index (Phi) is 5.33. The molecule has 0 saturated heterocycles. The van der Waals surface area contributed by atoms with Crippen LogP contribution in [0.5, 0.6) is 0 Å². The van der Waals surface area contributed by atoms with Crippen LogP contribution in [-0.4, -0.2) is 25.3 Å². The molecule has 0 aliphatic heterocycles. The summed E-state index contributed by atoms with van der Waals surface area (Å²) in [5.74, 6) is 0. The third-order valence-corrected chi connectivity index (χ3v) is 4.36. The quantitative estimate of drug-likeness (QED) is 0.250. The molecule has 0 aromatic rings. The van der Waals surface area contributed by atoms with Gasteiger partial charge in [0, 0.05) is 0 Å². The standard InChI is InChI=1S/C4H8I2NO/c1-7(2)4(8)6-3-5/h3H2,1-2H3/q-1. The van der Waals surface area contributed by atoms with Crippen molar-refractivity contribution in [2.45, 2.75) is 0 Å². The second-order valence-electron chi connectivity index (χ2n) is 1.38. The van der Waals surface area contributed by atoms with E-state index in [-0.39, 0.29) is 21.2 Å². The molecule has 1 amide bonds. The molecule has 0 radical (unpaired) electrons. The summed E-state index contributed by atoms with van der Waals surface area (Å²) in [4.78, 5) is 12.4. The molecule has 0 atom stereocenters. The van der Waals surface area contributed by atoms with Gasteiger partial charge in [0.1, 0.15) is 0 Å². The first-order chi connectivity index (χ1) is 3.68. The van der Waals surface area contributed by atoms with Gasteiger partial charge in [-0.1, -0.05) is 0 Å². The average Bonchev–Trinajstić information content (AvgIpc) is 1.67. The summed E-state index contributed by atoms with van der Waals surface area (Å²) in [6.45, 7) is 0. The number of amides is 1. The van der Waals surface area contributed by atoms with Gasteiger partial charge in [-0.3, -0.25) is 0 Å². The van der Waals surface area contributed by atoms with Gasteiger partial charge in [-0.25, -0.2) is 0 Å². The van der Waals surface area contributed by atoms with Crippen LogP contribution in [0.1, 0.15) is 0 Å². The molecule has 0 heterocycles. The van der Waals surface area contributed by atoms with Gasteiger partial charge < -0.3 is 0 Å². The van der Waals surface area contributed by atoms with Crippen molar-refractivity contribution in [3.05, 3.63) is 0 Å². The molecule has 0 spiro atoms. The fourth-order valence-corrected chi connectivity index (χ4v) is 2.75. The van der Waals surface area contributed by atoms with Crippen LogP contribution in [-0.2, 0) is 0 Å². The van der Waals surface area contributed by atoms with E-state index in [1.54, 1.807) is 19.0 Å². The molecular formula is C4H8I2NO-. The van der Waals surface area contributed by atoms with Crippen molar-refractivity contribution < 1.29 is 26.0 Å². The van der Waals surface area contributed by atoms with Crippen LogP contribution in [0.2, 0.25) is 0 Å². The number of hydrogen-bond acceptors (Lipinski definition) is 1. The molecule has 0 rings (SSSR count). The van der Waals surface area contributed by atoms with E-state index >= 15 is 0 Å². The molecule has 0 N–H and O–H groups in total. The normalized spacial score (nSPS) is 9.38. The maximum atomic E-state index is 10.7. The predicted octanol–water partition coefficient (Wildman–Crippen LogP) is -1.85. The third-order valence-electron chi connectivity index (χ3n) is 0.516. The maximum absolute atomic E-state index is 10.7. The Bertz CT molecular complexity index is 84.1. The Morgan fingerprint density at radius 3 is 2.38 bits per heavy atom. The Morgan fingerprint density at radius 2 is 2.25 bits per heavy atom. The number of halogens is 2. The summed E-state index contributed by atoms with van der Waals surface area (Å²) in [5, 5.41) is 0. The third kappa shape index (κ3) is 3.88. The van der Waals surface area contributed by atoms with E-state index in [0.29, 0.717) is 3.91 Å². The number of rotatable bonds is 2. The Labute approximate surface area is 73.4 Å². The molecule has 8 heavy (non-hydrogen) atoms. The zero-order valence-corrected chi connectivity index (χ0v) is 9.13. The van der Waals surface area contributed by atoms with E-state index in [0.717, 1.165) is 2.43 Å².